The second-order valence-corrected chi connectivity index (χ2v) is 5.09. The van der Waals surface area contributed by atoms with Crippen LogP contribution in [0.1, 0.15) is 5.56 Å². The van der Waals surface area contributed by atoms with E-state index in [2.05, 4.69) is 10.3 Å². The number of benzene rings is 2. The van der Waals surface area contributed by atoms with Crippen molar-refractivity contribution in [3.8, 4) is 11.3 Å². The molecule has 0 saturated carbocycles. The fourth-order valence-electron chi connectivity index (χ4n) is 2.20. The topological polar surface area (TPSA) is 98.3 Å². The Bertz CT molecular complexity index is 841. The van der Waals surface area contributed by atoms with Crippen molar-refractivity contribution in [1.29, 1.82) is 0 Å². The first-order chi connectivity index (χ1) is 11.6. The third-order valence-electron chi connectivity index (χ3n) is 3.40. The lowest BCUT2D eigenvalue weighted by Crippen LogP contribution is -2.14. The zero-order valence-corrected chi connectivity index (χ0v) is 12.5. The molecular weight excluding hydrogens is 310 g/mol. The Labute approximate surface area is 137 Å². The lowest BCUT2D eigenvalue weighted by atomic mass is 10.1. The summed E-state index contributed by atoms with van der Waals surface area (Å²) in [7, 11) is 0. The number of carbonyl (C=O) groups excluding carboxylic acids is 1. The number of aromatic nitrogens is 1. The average molecular weight is 323 g/mol. The molecule has 0 bridgehead atoms. The lowest BCUT2D eigenvalue weighted by Gasteiger charge is -2.06. The molecule has 0 radical (unpaired) electrons. The van der Waals surface area contributed by atoms with Gasteiger partial charge in [-0.25, -0.2) is 4.98 Å². The van der Waals surface area contributed by atoms with E-state index in [1.807, 2.05) is 12.1 Å². The van der Waals surface area contributed by atoms with E-state index in [0.29, 0.717) is 17.0 Å². The van der Waals surface area contributed by atoms with Crippen LogP contribution >= 0.6 is 0 Å². The Hall–Kier alpha value is -3.48. The van der Waals surface area contributed by atoms with Crippen LogP contribution in [0.2, 0.25) is 0 Å². The van der Waals surface area contributed by atoms with Crippen LogP contribution in [0.3, 0.4) is 0 Å². The Morgan fingerprint density at radius 1 is 1.12 bits per heavy atom. The molecule has 24 heavy (non-hydrogen) atoms. The predicted molar refractivity (Wildman–Crippen MR) is 87.4 cm³/mol. The summed E-state index contributed by atoms with van der Waals surface area (Å²) in [5, 5.41) is 13.4. The van der Waals surface area contributed by atoms with Crippen LogP contribution in [-0.4, -0.2) is 15.8 Å². The number of rotatable bonds is 5. The van der Waals surface area contributed by atoms with Gasteiger partial charge < -0.3 is 9.73 Å². The zero-order chi connectivity index (χ0) is 16.9. The van der Waals surface area contributed by atoms with E-state index in [0.717, 1.165) is 5.56 Å². The highest BCUT2D eigenvalue weighted by Crippen LogP contribution is 2.21. The van der Waals surface area contributed by atoms with Gasteiger partial charge in [0.05, 0.1) is 17.5 Å². The smallest absolute Gasteiger partial charge is 0.269 e. The molecule has 3 rings (SSSR count). The highest BCUT2D eigenvalue weighted by Gasteiger charge is 2.08. The number of nitrogens with one attached hydrogen (secondary N) is 1. The van der Waals surface area contributed by atoms with Crippen LogP contribution in [0.5, 0.6) is 0 Å². The van der Waals surface area contributed by atoms with Crippen LogP contribution in [0.15, 0.2) is 65.5 Å². The molecule has 7 heteroatoms. The number of anilines is 1. The van der Waals surface area contributed by atoms with E-state index in [1.165, 1.54) is 18.5 Å². The molecule has 0 spiro atoms. The van der Waals surface area contributed by atoms with Gasteiger partial charge in [0, 0.05) is 23.4 Å². The molecule has 7 nitrogen and oxygen atoms in total. The monoisotopic (exact) mass is 323 g/mol. The number of nitrogens with zero attached hydrogens (tertiary/aromatic N) is 2. The minimum Gasteiger partial charge on any atom is -0.444 e. The summed E-state index contributed by atoms with van der Waals surface area (Å²) in [5.74, 6) is 0.454. The molecule has 3 aromatic rings. The maximum Gasteiger partial charge on any atom is 0.269 e. The first-order valence-corrected chi connectivity index (χ1v) is 7.14. The molecule has 0 fully saturated rings. The van der Waals surface area contributed by atoms with E-state index in [4.69, 9.17) is 4.42 Å². The Kier molecular flexibility index (Phi) is 4.33. The quantitative estimate of drug-likeness (QED) is 0.573. The van der Waals surface area contributed by atoms with Crippen molar-refractivity contribution in [2.45, 2.75) is 6.42 Å². The molecule has 0 aliphatic rings. The summed E-state index contributed by atoms with van der Waals surface area (Å²) in [6.45, 7) is 0. The fourth-order valence-corrected chi connectivity index (χ4v) is 2.20. The molecule has 2 aromatic carbocycles. The van der Waals surface area contributed by atoms with Crippen molar-refractivity contribution < 1.29 is 14.1 Å². The van der Waals surface area contributed by atoms with Gasteiger partial charge in [0.15, 0.2) is 12.2 Å². The van der Waals surface area contributed by atoms with Gasteiger partial charge in [-0.2, -0.15) is 0 Å². The van der Waals surface area contributed by atoms with Gasteiger partial charge in [-0.1, -0.05) is 12.1 Å². The molecule has 0 saturated heterocycles. The summed E-state index contributed by atoms with van der Waals surface area (Å²) in [5.41, 5.74) is 2.23. The minimum atomic E-state index is -0.472. The number of carbonyl (C=O) groups is 1. The summed E-state index contributed by atoms with van der Waals surface area (Å²) in [4.78, 5) is 26.0. The lowest BCUT2D eigenvalue weighted by molar-refractivity contribution is -0.384. The molecule has 0 atom stereocenters. The zero-order valence-electron chi connectivity index (χ0n) is 12.5. The van der Waals surface area contributed by atoms with Crippen LogP contribution < -0.4 is 5.32 Å². The van der Waals surface area contributed by atoms with E-state index >= 15 is 0 Å². The molecule has 120 valence electrons. The van der Waals surface area contributed by atoms with Gasteiger partial charge in [-0.05, 0) is 29.8 Å². The molecule has 0 aliphatic carbocycles. The van der Waals surface area contributed by atoms with E-state index in [-0.39, 0.29) is 18.0 Å². The Balaban J connectivity index is 1.61. The van der Waals surface area contributed by atoms with Gasteiger partial charge in [-0.15, -0.1) is 0 Å². The fraction of sp³-hybridized carbons (Fsp3) is 0.0588. The van der Waals surface area contributed by atoms with Crippen molar-refractivity contribution in [3.63, 3.8) is 0 Å². The third kappa shape index (κ3) is 3.64. The van der Waals surface area contributed by atoms with Crippen LogP contribution in [0.25, 0.3) is 11.3 Å². The molecule has 1 heterocycles. The van der Waals surface area contributed by atoms with Crippen LogP contribution in [-0.2, 0) is 11.2 Å². The molecule has 0 aliphatic heterocycles. The van der Waals surface area contributed by atoms with Crippen molar-refractivity contribution in [2.24, 2.45) is 0 Å². The summed E-state index contributed by atoms with van der Waals surface area (Å²) in [6, 6.07) is 13.1. The molecule has 1 N–H and O–H groups in total. The number of hydrogen-bond donors (Lipinski definition) is 1. The number of nitro benzene ring substituents is 1. The Morgan fingerprint density at radius 3 is 2.42 bits per heavy atom. The SMILES string of the molecule is O=C(Cc1ccc([N+](=O)[O-])cc1)Nc1ccc(-c2cnco2)cc1. The van der Waals surface area contributed by atoms with E-state index in [9.17, 15) is 14.9 Å². The number of amides is 1. The molecule has 1 aromatic heterocycles. The first-order valence-electron chi connectivity index (χ1n) is 7.14. The highest BCUT2D eigenvalue weighted by molar-refractivity contribution is 5.92. The number of hydrogen-bond acceptors (Lipinski definition) is 5. The molecule has 0 unspecified atom stereocenters. The van der Waals surface area contributed by atoms with Gasteiger partial charge in [0.1, 0.15) is 0 Å². The minimum absolute atomic E-state index is 0.00200. The average Bonchev–Trinajstić information content (AvgIpc) is 3.10. The molecule has 1 amide bonds. The first kappa shape index (κ1) is 15.4. The van der Waals surface area contributed by atoms with Crippen molar-refractivity contribution >= 4 is 17.3 Å². The summed E-state index contributed by atoms with van der Waals surface area (Å²) >= 11 is 0. The maximum atomic E-state index is 12.0. The maximum absolute atomic E-state index is 12.0. The largest absolute Gasteiger partial charge is 0.444 e. The van der Waals surface area contributed by atoms with Gasteiger partial charge in [0.25, 0.3) is 5.69 Å². The second-order valence-electron chi connectivity index (χ2n) is 5.09. The summed E-state index contributed by atoms with van der Waals surface area (Å²) in [6.07, 6.45) is 3.11. The van der Waals surface area contributed by atoms with Crippen LogP contribution in [0, 0.1) is 10.1 Å². The summed E-state index contributed by atoms with van der Waals surface area (Å²) < 4.78 is 5.20. The van der Waals surface area contributed by atoms with Crippen molar-refractivity contribution in [1.82, 2.24) is 4.98 Å². The van der Waals surface area contributed by atoms with Gasteiger partial charge in [-0.3, -0.25) is 14.9 Å². The normalized spacial score (nSPS) is 10.3. The van der Waals surface area contributed by atoms with E-state index in [1.54, 1.807) is 30.5 Å². The van der Waals surface area contributed by atoms with Crippen molar-refractivity contribution in [3.05, 3.63) is 76.8 Å². The van der Waals surface area contributed by atoms with Crippen LogP contribution in [0.4, 0.5) is 11.4 Å². The number of non-ortho nitro benzene ring substituents is 1. The number of oxazole rings is 1. The van der Waals surface area contributed by atoms with Gasteiger partial charge in [0.2, 0.25) is 5.91 Å². The van der Waals surface area contributed by atoms with Crippen molar-refractivity contribution in [2.75, 3.05) is 5.32 Å². The second kappa shape index (κ2) is 6.74. The predicted octanol–water partition coefficient (Wildman–Crippen LogP) is 3.43. The molecular formula is C17H13N3O4. The number of nitro groups is 1. The van der Waals surface area contributed by atoms with Gasteiger partial charge >= 0.3 is 0 Å². The Morgan fingerprint density at radius 2 is 1.83 bits per heavy atom. The van der Waals surface area contributed by atoms with E-state index < -0.39 is 4.92 Å². The third-order valence-corrected chi connectivity index (χ3v) is 3.40. The standard InChI is InChI=1S/C17H13N3O4/c21-17(9-12-1-7-15(8-2-12)20(22)23)19-14-5-3-13(4-6-14)16-10-18-11-24-16/h1-8,10-11H,9H2,(H,19,21). The highest BCUT2D eigenvalue weighted by atomic mass is 16.6.